The van der Waals surface area contributed by atoms with Crippen molar-refractivity contribution in [2.75, 3.05) is 0 Å². The number of carbonyl (C=O) groups excluding carboxylic acids is 1. The van der Waals surface area contributed by atoms with E-state index >= 15 is 0 Å². The minimum Gasteiger partial charge on any atom is -0.389 e. The van der Waals surface area contributed by atoms with Crippen molar-refractivity contribution >= 4 is 5.91 Å². The third-order valence-electron chi connectivity index (χ3n) is 5.93. The Labute approximate surface area is 137 Å². The number of hydrogen-bond donors (Lipinski definition) is 1. The molecule has 1 saturated heterocycles. The van der Waals surface area contributed by atoms with Gasteiger partial charge in [-0.25, -0.2) is 0 Å². The maximum absolute atomic E-state index is 13.1. The van der Waals surface area contributed by atoms with E-state index in [-0.39, 0.29) is 23.9 Å². The van der Waals surface area contributed by atoms with Crippen molar-refractivity contribution < 1.29 is 9.90 Å². The number of benzene rings is 1. The van der Waals surface area contributed by atoms with Crippen LogP contribution in [0.25, 0.3) is 0 Å². The molecule has 0 saturated carbocycles. The number of aliphatic hydroxyl groups is 1. The first-order chi connectivity index (χ1) is 11.1. The molecule has 4 atom stereocenters. The van der Waals surface area contributed by atoms with Gasteiger partial charge in [0.2, 0.25) is 0 Å². The lowest BCUT2D eigenvalue weighted by Gasteiger charge is -2.54. The van der Waals surface area contributed by atoms with Gasteiger partial charge in [-0.3, -0.25) is 4.79 Å². The van der Waals surface area contributed by atoms with E-state index in [4.69, 9.17) is 0 Å². The molecule has 2 bridgehead atoms. The number of amides is 1. The quantitative estimate of drug-likeness (QED) is 0.853. The Hall–Kier alpha value is -1.87. The van der Waals surface area contributed by atoms with Crippen LogP contribution in [-0.2, 0) is 0 Å². The summed E-state index contributed by atoms with van der Waals surface area (Å²) >= 11 is 0. The summed E-state index contributed by atoms with van der Waals surface area (Å²) in [6, 6.07) is 9.67. The first-order valence-electron chi connectivity index (χ1n) is 8.53. The van der Waals surface area contributed by atoms with E-state index in [2.05, 4.69) is 31.2 Å². The average molecular weight is 309 g/mol. The lowest BCUT2D eigenvalue weighted by molar-refractivity contribution is -0.0750. The van der Waals surface area contributed by atoms with Crippen LogP contribution in [0.4, 0.5) is 0 Å². The molecule has 4 aliphatic rings. The largest absolute Gasteiger partial charge is 0.389 e. The Morgan fingerprint density at radius 1 is 1.17 bits per heavy atom. The van der Waals surface area contributed by atoms with E-state index in [1.165, 1.54) is 0 Å². The Kier molecular flexibility index (Phi) is 3.42. The zero-order chi connectivity index (χ0) is 16.0. The van der Waals surface area contributed by atoms with Gasteiger partial charge in [0.25, 0.3) is 5.91 Å². The smallest absolute Gasteiger partial charge is 0.254 e. The van der Waals surface area contributed by atoms with Crippen LogP contribution in [-0.4, -0.2) is 33.6 Å². The molecule has 0 radical (unpaired) electrons. The molecule has 1 fully saturated rings. The average Bonchev–Trinajstić information content (AvgIpc) is 3.03. The third-order valence-corrected chi connectivity index (χ3v) is 5.93. The normalized spacial score (nSPS) is 34.1. The standard InChI is InChI=1S/C20H23NO2/c1-14-16-9-10-18(17(13-16)20(23)11-5-6-12-20)21(14)19(22)15-7-3-2-4-8-15/h2-10,14,16-18,23H,11-13H2,1H3/t14-,16-,17+,18+/m1/s1. The molecule has 2 heterocycles. The molecule has 23 heavy (non-hydrogen) atoms. The molecule has 0 spiro atoms. The van der Waals surface area contributed by atoms with E-state index in [0.29, 0.717) is 18.8 Å². The zero-order valence-corrected chi connectivity index (χ0v) is 13.4. The number of piperidine rings is 1. The molecule has 1 N–H and O–H groups in total. The van der Waals surface area contributed by atoms with Crippen LogP contribution in [0.3, 0.4) is 0 Å². The molecule has 0 unspecified atom stereocenters. The van der Waals surface area contributed by atoms with Gasteiger partial charge in [0.05, 0.1) is 11.6 Å². The predicted octanol–water partition coefficient (Wildman–Crippen LogP) is 3.17. The van der Waals surface area contributed by atoms with Crippen LogP contribution in [0.5, 0.6) is 0 Å². The lowest BCUT2D eigenvalue weighted by atomic mass is 9.66. The van der Waals surface area contributed by atoms with E-state index in [1.54, 1.807) is 0 Å². The first-order valence-corrected chi connectivity index (χ1v) is 8.53. The van der Waals surface area contributed by atoms with Gasteiger partial charge in [-0.1, -0.05) is 42.5 Å². The Balaban J connectivity index is 1.67. The van der Waals surface area contributed by atoms with Gasteiger partial charge in [-0.15, -0.1) is 0 Å². The molecule has 1 aromatic rings. The Morgan fingerprint density at radius 3 is 2.57 bits per heavy atom. The predicted molar refractivity (Wildman–Crippen MR) is 89.9 cm³/mol. The van der Waals surface area contributed by atoms with E-state index in [1.807, 2.05) is 35.2 Å². The van der Waals surface area contributed by atoms with Gasteiger partial charge in [0.15, 0.2) is 0 Å². The SMILES string of the molecule is C[C@@H]1[C@@H]2C=C[C@@H]([C@@H](C3(O)CC=CC3)C2)N1C(=O)c1ccccc1. The highest BCUT2D eigenvalue weighted by Gasteiger charge is 2.52. The summed E-state index contributed by atoms with van der Waals surface area (Å²) in [5.74, 6) is 0.537. The minimum atomic E-state index is -0.691. The van der Waals surface area contributed by atoms with Crippen molar-refractivity contribution in [3.05, 3.63) is 60.2 Å². The molecule has 120 valence electrons. The fraction of sp³-hybridized carbons (Fsp3) is 0.450. The highest BCUT2D eigenvalue weighted by molar-refractivity contribution is 5.95. The molecule has 1 amide bonds. The Bertz CT molecular complexity index is 655. The van der Waals surface area contributed by atoms with Crippen LogP contribution >= 0.6 is 0 Å². The van der Waals surface area contributed by atoms with Crippen LogP contribution in [0.15, 0.2) is 54.6 Å². The van der Waals surface area contributed by atoms with Gasteiger partial charge in [0.1, 0.15) is 0 Å². The topological polar surface area (TPSA) is 40.5 Å². The van der Waals surface area contributed by atoms with Crippen LogP contribution in [0.1, 0.15) is 36.5 Å². The molecule has 0 aromatic heterocycles. The third kappa shape index (κ3) is 2.26. The monoisotopic (exact) mass is 309 g/mol. The number of nitrogens with zero attached hydrogens (tertiary/aromatic N) is 1. The van der Waals surface area contributed by atoms with Gasteiger partial charge in [0, 0.05) is 17.5 Å². The van der Waals surface area contributed by atoms with E-state index < -0.39 is 5.60 Å². The summed E-state index contributed by atoms with van der Waals surface area (Å²) in [7, 11) is 0. The van der Waals surface area contributed by atoms with Crippen molar-refractivity contribution in [3.63, 3.8) is 0 Å². The van der Waals surface area contributed by atoms with E-state index in [0.717, 1.165) is 12.0 Å². The molecule has 3 heteroatoms. The summed E-state index contributed by atoms with van der Waals surface area (Å²) < 4.78 is 0. The summed E-state index contributed by atoms with van der Waals surface area (Å²) in [5, 5.41) is 11.1. The van der Waals surface area contributed by atoms with Crippen molar-refractivity contribution in [2.45, 2.75) is 43.9 Å². The van der Waals surface area contributed by atoms with Crippen LogP contribution in [0, 0.1) is 11.8 Å². The second-order valence-electron chi connectivity index (χ2n) is 7.18. The number of rotatable bonds is 2. The summed E-state index contributed by atoms with van der Waals surface area (Å²) in [5.41, 5.74) is 0.0406. The summed E-state index contributed by atoms with van der Waals surface area (Å²) in [6.07, 6.45) is 10.9. The van der Waals surface area contributed by atoms with Gasteiger partial charge >= 0.3 is 0 Å². The number of hydrogen-bond acceptors (Lipinski definition) is 2. The summed E-state index contributed by atoms with van der Waals surface area (Å²) in [4.78, 5) is 15.1. The van der Waals surface area contributed by atoms with Crippen LogP contribution < -0.4 is 0 Å². The maximum Gasteiger partial charge on any atom is 0.254 e. The molecule has 5 rings (SSSR count). The van der Waals surface area contributed by atoms with Gasteiger partial charge < -0.3 is 10.0 Å². The molecule has 1 aromatic carbocycles. The van der Waals surface area contributed by atoms with Crippen LogP contribution in [0.2, 0.25) is 0 Å². The lowest BCUT2D eigenvalue weighted by Crippen LogP contribution is -2.62. The second kappa shape index (κ2) is 5.34. The highest BCUT2D eigenvalue weighted by Crippen LogP contribution is 2.47. The number of fused-ring (bicyclic) bond motifs is 2. The molecular weight excluding hydrogens is 286 g/mol. The molecular formula is C20H23NO2. The first kappa shape index (κ1) is 14.7. The van der Waals surface area contributed by atoms with Gasteiger partial charge in [-0.2, -0.15) is 0 Å². The highest BCUT2D eigenvalue weighted by atomic mass is 16.3. The fourth-order valence-corrected chi connectivity index (χ4v) is 4.57. The minimum absolute atomic E-state index is 0.00685. The zero-order valence-electron chi connectivity index (χ0n) is 13.4. The fourth-order valence-electron chi connectivity index (χ4n) is 4.57. The Morgan fingerprint density at radius 2 is 1.87 bits per heavy atom. The van der Waals surface area contributed by atoms with Crippen molar-refractivity contribution in [1.29, 1.82) is 0 Å². The van der Waals surface area contributed by atoms with Crippen molar-refractivity contribution in [1.82, 2.24) is 4.90 Å². The molecule has 2 aliphatic carbocycles. The van der Waals surface area contributed by atoms with Gasteiger partial charge in [-0.05, 0) is 44.2 Å². The summed E-state index contributed by atoms with van der Waals surface area (Å²) in [6.45, 7) is 2.13. The van der Waals surface area contributed by atoms with Crippen molar-refractivity contribution in [3.8, 4) is 0 Å². The molecule has 2 aliphatic heterocycles. The van der Waals surface area contributed by atoms with Crippen molar-refractivity contribution in [2.24, 2.45) is 11.8 Å². The van der Waals surface area contributed by atoms with E-state index in [9.17, 15) is 9.90 Å². The maximum atomic E-state index is 13.1. The second-order valence-corrected chi connectivity index (χ2v) is 7.18. The molecule has 3 nitrogen and oxygen atoms in total. The number of carbonyl (C=O) groups is 1.